The van der Waals surface area contributed by atoms with Crippen LogP contribution in [-0.4, -0.2) is 9.97 Å². The predicted octanol–water partition coefficient (Wildman–Crippen LogP) is 9.28. The van der Waals surface area contributed by atoms with E-state index >= 15 is 0 Å². The zero-order chi connectivity index (χ0) is 27.3. The molecule has 6 aromatic carbocycles. The summed E-state index contributed by atoms with van der Waals surface area (Å²) >= 11 is 0. The Balaban J connectivity index is 1.30. The molecular formula is C35H20N4O2. The van der Waals surface area contributed by atoms with Crippen LogP contribution in [-0.2, 0) is 0 Å². The van der Waals surface area contributed by atoms with Crippen molar-refractivity contribution in [2.24, 2.45) is 0 Å². The van der Waals surface area contributed by atoms with Gasteiger partial charge in [0.05, 0.1) is 11.6 Å². The lowest BCUT2D eigenvalue weighted by Crippen LogP contribution is -2.10. The van der Waals surface area contributed by atoms with E-state index in [2.05, 4.69) is 75.5 Å². The van der Waals surface area contributed by atoms with E-state index in [0.29, 0.717) is 16.7 Å². The number of fused-ring (bicyclic) bond motifs is 4. The number of hydrogen-bond donors (Lipinski definition) is 0. The maximum atomic E-state index is 10.2. The smallest absolute Gasteiger partial charge is 0.181 e. The molecule has 0 aliphatic rings. The molecule has 0 saturated carbocycles. The highest BCUT2D eigenvalue weighted by Crippen LogP contribution is 2.39. The topological polar surface area (TPSA) is 79.1 Å². The molecule has 0 bridgehead atoms. The first-order valence-electron chi connectivity index (χ1n) is 13.2. The molecule has 2 heterocycles. The minimum absolute atomic E-state index is 0.617. The van der Waals surface area contributed by atoms with Crippen LogP contribution in [0.4, 0.5) is 17.1 Å². The quantitative estimate of drug-likeness (QED) is 0.226. The number of hydrogen-bond acceptors (Lipinski definition) is 6. The summed E-state index contributed by atoms with van der Waals surface area (Å²) in [6.07, 6.45) is 2.89. The van der Waals surface area contributed by atoms with Crippen molar-refractivity contribution >= 4 is 60.8 Å². The van der Waals surface area contributed by atoms with E-state index in [9.17, 15) is 5.26 Å². The summed E-state index contributed by atoms with van der Waals surface area (Å²) in [6, 6.07) is 39.3. The molecule has 0 spiro atoms. The molecule has 6 nitrogen and oxygen atoms in total. The number of benzene rings is 6. The molecule has 192 valence electrons. The summed E-state index contributed by atoms with van der Waals surface area (Å²) in [4.78, 5) is 10.8. The van der Waals surface area contributed by atoms with E-state index < -0.39 is 0 Å². The van der Waals surface area contributed by atoms with Crippen LogP contribution in [0, 0.1) is 11.3 Å². The predicted molar refractivity (Wildman–Crippen MR) is 161 cm³/mol. The highest BCUT2D eigenvalue weighted by Gasteiger charge is 2.17. The highest BCUT2D eigenvalue weighted by atomic mass is 16.3. The third kappa shape index (κ3) is 3.88. The number of nitrogens with zero attached hydrogens (tertiary/aromatic N) is 4. The summed E-state index contributed by atoms with van der Waals surface area (Å²) in [7, 11) is 0. The van der Waals surface area contributed by atoms with Gasteiger partial charge in [-0.1, -0.05) is 42.5 Å². The Kier molecular flexibility index (Phi) is 5.09. The molecule has 6 heteroatoms. The number of aromatic nitrogens is 2. The summed E-state index contributed by atoms with van der Waals surface area (Å²) in [5, 5.41) is 14.5. The largest absolute Gasteiger partial charge is 0.443 e. The zero-order valence-electron chi connectivity index (χ0n) is 21.7. The van der Waals surface area contributed by atoms with E-state index in [4.69, 9.17) is 8.83 Å². The van der Waals surface area contributed by atoms with E-state index in [1.165, 1.54) is 23.6 Å². The van der Waals surface area contributed by atoms with Crippen molar-refractivity contribution < 1.29 is 8.83 Å². The van der Waals surface area contributed by atoms with Crippen LogP contribution in [0.25, 0.3) is 54.9 Å². The standard InChI is InChI=1S/C35H20N4O2/c36-19-27-15-26(24-6-5-22-3-1-2-4-23(22)13-24)14-25-7-8-28(16-31(25)27)39(29-9-11-34-32(17-29)37-20-40-34)30-10-12-35-33(18-30)38-21-41-35/h1-18,20-21H. The SMILES string of the molecule is N#Cc1cc(-c2ccc3ccccc3c2)cc2ccc(N(c3ccc4ocnc4c3)c3ccc4ocnc4c3)cc12. The first kappa shape index (κ1) is 23.0. The monoisotopic (exact) mass is 528 g/mol. The van der Waals surface area contributed by atoms with Crippen molar-refractivity contribution in [3.05, 3.63) is 128 Å². The number of nitriles is 1. The Morgan fingerprint density at radius 2 is 1.17 bits per heavy atom. The molecule has 0 unspecified atom stereocenters. The van der Waals surface area contributed by atoms with E-state index in [1.54, 1.807) is 0 Å². The summed E-state index contributed by atoms with van der Waals surface area (Å²) < 4.78 is 11.0. The molecule has 0 saturated heterocycles. The fourth-order valence-corrected chi connectivity index (χ4v) is 5.53. The van der Waals surface area contributed by atoms with Gasteiger partial charge in [-0.25, -0.2) is 9.97 Å². The van der Waals surface area contributed by atoms with Crippen LogP contribution >= 0.6 is 0 Å². The molecule has 8 aromatic rings. The minimum atomic E-state index is 0.617. The second-order valence-electron chi connectivity index (χ2n) is 9.95. The van der Waals surface area contributed by atoms with Crippen LogP contribution in [0.15, 0.2) is 131 Å². The lowest BCUT2D eigenvalue weighted by Gasteiger charge is -2.26. The normalized spacial score (nSPS) is 11.4. The third-order valence-corrected chi connectivity index (χ3v) is 7.54. The van der Waals surface area contributed by atoms with Gasteiger partial charge >= 0.3 is 0 Å². The first-order valence-corrected chi connectivity index (χ1v) is 13.2. The maximum absolute atomic E-state index is 10.2. The maximum Gasteiger partial charge on any atom is 0.181 e. The molecule has 0 amide bonds. The summed E-state index contributed by atoms with van der Waals surface area (Å²) in [5.41, 5.74) is 8.36. The first-order chi connectivity index (χ1) is 20.2. The van der Waals surface area contributed by atoms with Crippen LogP contribution in [0.2, 0.25) is 0 Å². The number of oxazole rings is 2. The van der Waals surface area contributed by atoms with Gasteiger partial charge < -0.3 is 13.7 Å². The van der Waals surface area contributed by atoms with Crippen molar-refractivity contribution in [3.63, 3.8) is 0 Å². The van der Waals surface area contributed by atoms with Crippen molar-refractivity contribution in [1.82, 2.24) is 9.97 Å². The van der Waals surface area contributed by atoms with Gasteiger partial charge in [-0.3, -0.25) is 0 Å². The Labute approximate surface area is 234 Å². The van der Waals surface area contributed by atoms with Crippen molar-refractivity contribution in [1.29, 1.82) is 5.26 Å². The molecule has 2 aromatic heterocycles. The van der Waals surface area contributed by atoms with Crippen LogP contribution in [0.5, 0.6) is 0 Å². The van der Waals surface area contributed by atoms with Gasteiger partial charge in [0.25, 0.3) is 0 Å². The molecule has 0 aliphatic carbocycles. The van der Waals surface area contributed by atoms with Crippen molar-refractivity contribution in [2.45, 2.75) is 0 Å². The van der Waals surface area contributed by atoms with Gasteiger partial charge in [-0.05, 0) is 94.0 Å². The lowest BCUT2D eigenvalue weighted by atomic mass is 9.95. The Morgan fingerprint density at radius 1 is 0.561 bits per heavy atom. The van der Waals surface area contributed by atoms with Crippen LogP contribution < -0.4 is 4.90 Å². The van der Waals surface area contributed by atoms with Gasteiger partial charge in [0.15, 0.2) is 24.0 Å². The van der Waals surface area contributed by atoms with Crippen molar-refractivity contribution in [2.75, 3.05) is 4.90 Å². The molecule has 41 heavy (non-hydrogen) atoms. The molecule has 0 N–H and O–H groups in total. The Morgan fingerprint density at radius 3 is 1.88 bits per heavy atom. The Bertz CT molecular complexity index is 2230. The average Bonchev–Trinajstić information content (AvgIpc) is 3.69. The molecule has 0 radical (unpaired) electrons. The fraction of sp³-hybridized carbons (Fsp3) is 0. The minimum Gasteiger partial charge on any atom is -0.443 e. The van der Waals surface area contributed by atoms with Crippen LogP contribution in [0.1, 0.15) is 5.56 Å². The lowest BCUT2D eigenvalue weighted by molar-refractivity contribution is 0.602. The zero-order valence-corrected chi connectivity index (χ0v) is 21.7. The van der Waals surface area contributed by atoms with Gasteiger partial charge in [0, 0.05) is 22.4 Å². The molecule has 0 fully saturated rings. The van der Waals surface area contributed by atoms with Gasteiger partial charge in [-0.2, -0.15) is 5.26 Å². The van der Waals surface area contributed by atoms with Gasteiger partial charge in [0.2, 0.25) is 0 Å². The van der Waals surface area contributed by atoms with E-state index in [1.807, 2.05) is 54.6 Å². The van der Waals surface area contributed by atoms with Crippen LogP contribution in [0.3, 0.4) is 0 Å². The fourth-order valence-electron chi connectivity index (χ4n) is 5.53. The third-order valence-electron chi connectivity index (χ3n) is 7.54. The average molecular weight is 529 g/mol. The summed E-state index contributed by atoms with van der Waals surface area (Å²) in [5.74, 6) is 0. The van der Waals surface area contributed by atoms with Crippen molar-refractivity contribution in [3.8, 4) is 17.2 Å². The molecule has 0 atom stereocenters. The van der Waals surface area contributed by atoms with Gasteiger partial charge in [-0.15, -0.1) is 0 Å². The second-order valence-corrected chi connectivity index (χ2v) is 9.95. The molecule has 8 rings (SSSR count). The molecular weight excluding hydrogens is 508 g/mol. The molecule has 0 aliphatic heterocycles. The van der Waals surface area contributed by atoms with Gasteiger partial charge in [0.1, 0.15) is 11.0 Å². The Hall–Kier alpha value is -5.93. The second kappa shape index (κ2) is 9.08. The highest BCUT2D eigenvalue weighted by molar-refractivity contribution is 5.98. The number of anilines is 3. The summed E-state index contributed by atoms with van der Waals surface area (Å²) in [6.45, 7) is 0. The number of rotatable bonds is 4. The van der Waals surface area contributed by atoms with E-state index in [0.717, 1.165) is 50.0 Å². The van der Waals surface area contributed by atoms with E-state index in [-0.39, 0.29) is 0 Å².